The van der Waals surface area contributed by atoms with Crippen LogP contribution >= 0.6 is 0 Å². The second kappa shape index (κ2) is 3.16. The van der Waals surface area contributed by atoms with Crippen LogP contribution in [-0.4, -0.2) is 18.5 Å². The Balaban J connectivity index is 4.03. The smallest absolute Gasteiger partial charge is 0.234 e. The zero-order chi connectivity index (χ0) is 8.36. The molecular formula is C5H6F5. The van der Waals surface area contributed by atoms with Gasteiger partial charge in [-0.05, 0) is 6.92 Å². The fourth-order valence-electron chi connectivity index (χ4n) is 0.322. The Labute approximate surface area is 55.0 Å². The van der Waals surface area contributed by atoms with Gasteiger partial charge in [-0.1, -0.05) is 0 Å². The van der Waals surface area contributed by atoms with Gasteiger partial charge in [0, 0.05) is 6.42 Å². The minimum atomic E-state index is -4.01. The summed E-state index contributed by atoms with van der Waals surface area (Å²) in [7, 11) is 0. The van der Waals surface area contributed by atoms with Gasteiger partial charge in [-0.2, -0.15) is 0 Å². The van der Waals surface area contributed by atoms with E-state index in [9.17, 15) is 22.0 Å². The van der Waals surface area contributed by atoms with Crippen LogP contribution in [0.2, 0.25) is 0 Å². The summed E-state index contributed by atoms with van der Waals surface area (Å²) in [5.74, 6) is -4.01. The molecule has 0 aliphatic carbocycles. The van der Waals surface area contributed by atoms with E-state index in [-0.39, 0.29) is 0 Å². The number of hydrogen-bond donors (Lipinski definition) is 0. The van der Waals surface area contributed by atoms with E-state index in [1.165, 1.54) is 0 Å². The summed E-state index contributed by atoms with van der Waals surface area (Å²) in [6.45, 7) is 2.64. The number of alkyl halides is 5. The van der Waals surface area contributed by atoms with Crippen LogP contribution in [-0.2, 0) is 0 Å². The van der Waals surface area contributed by atoms with Crippen LogP contribution in [0.5, 0.6) is 0 Å². The first-order valence-corrected chi connectivity index (χ1v) is 2.51. The Bertz CT molecular complexity index is 100. The second-order valence-corrected chi connectivity index (χ2v) is 1.75. The lowest BCUT2D eigenvalue weighted by Crippen LogP contribution is -2.34. The van der Waals surface area contributed by atoms with E-state index in [2.05, 4.69) is 6.92 Å². The van der Waals surface area contributed by atoms with Crippen molar-refractivity contribution in [3.63, 3.8) is 0 Å². The summed E-state index contributed by atoms with van der Waals surface area (Å²) in [6, 6.07) is 0. The Morgan fingerprint density at radius 1 is 1.20 bits per heavy atom. The topological polar surface area (TPSA) is 0 Å². The van der Waals surface area contributed by atoms with E-state index in [0.29, 0.717) is 0 Å². The molecule has 0 heterocycles. The second-order valence-electron chi connectivity index (χ2n) is 1.75. The van der Waals surface area contributed by atoms with Crippen LogP contribution in [0.15, 0.2) is 0 Å². The molecule has 5 heteroatoms. The highest BCUT2D eigenvalue weighted by Crippen LogP contribution is 2.28. The summed E-state index contributed by atoms with van der Waals surface area (Å²) in [4.78, 5) is 0. The summed E-state index contributed by atoms with van der Waals surface area (Å²) >= 11 is 0. The first-order valence-electron chi connectivity index (χ1n) is 2.51. The minimum absolute atomic E-state index is 1.15. The zero-order valence-corrected chi connectivity index (χ0v) is 4.96. The van der Waals surface area contributed by atoms with Crippen molar-refractivity contribution >= 4 is 0 Å². The molecule has 0 spiro atoms. The predicted molar refractivity (Wildman–Crippen MR) is 25.8 cm³/mol. The Hall–Kier alpha value is -0.350. The molecule has 0 rings (SSSR count). The van der Waals surface area contributed by atoms with Crippen molar-refractivity contribution in [2.75, 3.05) is 0 Å². The monoisotopic (exact) mass is 161 g/mol. The molecule has 10 heavy (non-hydrogen) atoms. The molecule has 0 N–H and O–H groups in total. The lowest BCUT2D eigenvalue weighted by atomic mass is 10.2. The largest absolute Gasteiger partial charge is 0.284 e. The molecule has 0 saturated heterocycles. The molecule has 0 aromatic carbocycles. The first kappa shape index (κ1) is 9.65. The van der Waals surface area contributed by atoms with Crippen LogP contribution < -0.4 is 0 Å². The third-order valence-corrected chi connectivity index (χ3v) is 0.958. The summed E-state index contributed by atoms with van der Waals surface area (Å²) in [5, 5.41) is 0. The Morgan fingerprint density at radius 2 is 1.60 bits per heavy atom. The first-order chi connectivity index (χ1) is 4.41. The molecular weight excluding hydrogens is 155 g/mol. The van der Waals surface area contributed by atoms with E-state index in [1.54, 1.807) is 0 Å². The van der Waals surface area contributed by atoms with Gasteiger partial charge in [0.2, 0.25) is 6.17 Å². The lowest BCUT2D eigenvalue weighted by Gasteiger charge is -2.17. The van der Waals surface area contributed by atoms with Crippen LogP contribution in [0.25, 0.3) is 0 Å². The molecule has 0 amide bonds. The van der Waals surface area contributed by atoms with Crippen molar-refractivity contribution in [2.24, 2.45) is 0 Å². The van der Waals surface area contributed by atoms with Crippen LogP contribution in [0.4, 0.5) is 22.0 Å². The van der Waals surface area contributed by atoms with Crippen molar-refractivity contribution < 1.29 is 22.0 Å². The van der Waals surface area contributed by atoms with Crippen LogP contribution in [0, 0.1) is 6.92 Å². The molecule has 1 radical (unpaired) electrons. The quantitative estimate of drug-likeness (QED) is 0.557. The van der Waals surface area contributed by atoms with Gasteiger partial charge in [-0.3, -0.25) is 0 Å². The highest BCUT2D eigenvalue weighted by molar-refractivity contribution is 4.79. The molecule has 0 fully saturated rings. The van der Waals surface area contributed by atoms with Crippen molar-refractivity contribution in [3.8, 4) is 0 Å². The molecule has 0 aromatic rings. The molecule has 0 aromatic heterocycles. The van der Waals surface area contributed by atoms with Crippen LogP contribution in [0.3, 0.4) is 0 Å². The van der Waals surface area contributed by atoms with Crippen molar-refractivity contribution in [3.05, 3.63) is 6.92 Å². The van der Waals surface area contributed by atoms with E-state index < -0.39 is 24.9 Å². The fraction of sp³-hybridized carbons (Fsp3) is 0.800. The van der Waals surface area contributed by atoms with Gasteiger partial charge in [0.25, 0.3) is 12.3 Å². The number of rotatable bonds is 3. The van der Waals surface area contributed by atoms with Gasteiger partial charge in [0.15, 0.2) is 0 Å². The fourth-order valence-corrected chi connectivity index (χ4v) is 0.322. The third-order valence-electron chi connectivity index (χ3n) is 0.958. The standard InChI is InChI=1S/C5H6F5/c1-2-5(9,10)3(6)4(7)8/h3-4H,1-2H2. The average Bonchev–Trinajstić information content (AvgIpc) is 1.86. The van der Waals surface area contributed by atoms with Gasteiger partial charge < -0.3 is 0 Å². The van der Waals surface area contributed by atoms with Crippen molar-refractivity contribution in [1.29, 1.82) is 0 Å². The highest BCUT2D eigenvalue weighted by atomic mass is 19.3. The molecule has 0 aliphatic rings. The predicted octanol–water partition coefficient (Wildman–Crippen LogP) is 2.45. The van der Waals surface area contributed by atoms with Gasteiger partial charge >= 0.3 is 0 Å². The van der Waals surface area contributed by atoms with Gasteiger partial charge in [-0.15, -0.1) is 0 Å². The van der Waals surface area contributed by atoms with Gasteiger partial charge in [0.1, 0.15) is 0 Å². The van der Waals surface area contributed by atoms with E-state index in [4.69, 9.17) is 0 Å². The maximum atomic E-state index is 11.9. The highest BCUT2D eigenvalue weighted by Gasteiger charge is 2.44. The van der Waals surface area contributed by atoms with Gasteiger partial charge in [0.05, 0.1) is 0 Å². The molecule has 1 unspecified atom stereocenters. The zero-order valence-electron chi connectivity index (χ0n) is 4.96. The van der Waals surface area contributed by atoms with Gasteiger partial charge in [-0.25, -0.2) is 22.0 Å². The molecule has 0 saturated carbocycles. The van der Waals surface area contributed by atoms with E-state index in [0.717, 1.165) is 0 Å². The van der Waals surface area contributed by atoms with E-state index in [1.807, 2.05) is 0 Å². The van der Waals surface area contributed by atoms with Crippen LogP contribution in [0.1, 0.15) is 6.42 Å². The Kier molecular flexibility index (Phi) is 3.05. The molecule has 0 aliphatic heterocycles. The molecule has 1 atom stereocenters. The maximum absolute atomic E-state index is 11.9. The normalized spacial score (nSPS) is 15.9. The summed E-state index contributed by atoms with van der Waals surface area (Å²) in [5.41, 5.74) is 0. The maximum Gasteiger partial charge on any atom is 0.284 e. The summed E-state index contributed by atoms with van der Waals surface area (Å²) in [6.07, 6.45) is -8.19. The van der Waals surface area contributed by atoms with E-state index >= 15 is 0 Å². The molecule has 61 valence electrons. The minimum Gasteiger partial charge on any atom is -0.234 e. The SMILES string of the molecule is [CH2]CC(F)(F)C(F)C(F)F. The van der Waals surface area contributed by atoms with Crippen molar-refractivity contribution in [1.82, 2.24) is 0 Å². The lowest BCUT2D eigenvalue weighted by molar-refractivity contribution is -0.125. The molecule has 0 nitrogen and oxygen atoms in total. The molecule has 0 bridgehead atoms. The number of halogens is 5. The summed E-state index contributed by atoms with van der Waals surface area (Å²) < 4.78 is 58.0. The Morgan fingerprint density at radius 3 is 1.70 bits per heavy atom. The van der Waals surface area contributed by atoms with Crippen molar-refractivity contribution in [2.45, 2.75) is 24.9 Å². The average molecular weight is 161 g/mol. The third kappa shape index (κ3) is 2.11. The number of hydrogen-bond acceptors (Lipinski definition) is 0.